The minimum absolute atomic E-state index is 0.130. The number of ether oxygens (including phenoxy) is 2. The van der Waals surface area contributed by atoms with Gasteiger partial charge in [0.05, 0.1) is 32.4 Å². The van der Waals surface area contributed by atoms with Gasteiger partial charge in [0.1, 0.15) is 0 Å². The summed E-state index contributed by atoms with van der Waals surface area (Å²) in [5.74, 6) is 0.274. The lowest BCUT2D eigenvalue weighted by Gasteiger charge is -2.42. The number of hydrogen-bond donors (Lipinski definition) is 2. The molecule has 108 valence electrons. The monoisotopic (exact) mass is 271 g/mol. The number of rotatable bonds is 5. The van der Waals surface area contributed by atoms with Gasteiger partial charge in [-0.1, -0.05) is 0 Å². The van der Waals surface area contributed by atoms with Gasteiger partial charge >= 0.3 is 6.03 Å². The third-order valence-electron chi connectivity index (χ3n) is 3.50. The van der Waals surface area contributed by atoms with Gasteiger partial charge in [0.2, 0.25) is 5.91 Å². The maximum Gasteiger partial charge on any atom is 0.321 e. The summed E-state index contributed by atoms with van der Waals surface area (Å²) >= 11 is 0. The van der Waals surface area contributed by atoms with E-state index in [1.54, 1.807) is 7.11 Å². The van der Waals surface area contributed by atoms with Gasteiger partial charge in [-0.05, 0) is 6.92 Å². The second-order valence-corrected chi connectivity index (χ2v) is 5.17. The van der Waals surface area contributed by atoms with Crippen molar-refractivity contribution < 1.29 is 19.1 Å². The quantitative estimate of drug-likeness (QED) is 0.683. The smallest absolute Gasteiger partial charge is 0.321 e. The van der Waals surface area contributed by atoms with Crippen molar-refractivity contribution in [1.82, 2.24) is 15.5 Å². The molecule has 0 aromatic rings. The molecule has 2 aliphatic heterocycles. The number of nitrogens with one attached hydrogen (secondary N) is 2. The Balaban J connectivity index is 1.65. The predicted octanol–water partition coefficient (Wildman–Crippen LogP) is -0.822. The van der Waals surface area contributed by atoms with Gasteiger partial charge in [-0.15, -0.1) is 0 Å². The molecule has 19 heavy (non-hydrogen) atoms. The number of fused-ring (bicyclic) bond motifs is 1. The van der Waals surface area contributed by atoms with Crippen molar-refractivity contribution in [3.8, 4) is 0 Å². The molecule has 2 N–H and O–H groups in total. The highest BCUT2D eigenvalue weighted by atomic mass is 16.5. The molecule has 3 amide bonds. The normalized spacial score (nSPS) is 27.3. The molecule has 0 aromatic heterocycles. The highest BCUT2D eigenvalue weighted by molar-refractivity contribution is 5.95. The molecular weight excluding hydrogens is 250 g/mol. The zero-order valence-corrected chi connectivity index (χ0v) is 11.3. The second-order valence-electron chi connectivity index (χ2n) is 5.17. The zero-order valence-electron chi connectivity index (χ0n) is 11.3. The molecule has 2 heterocycles. The number of nitrogens with zero attached hydrogens (tertiary/aromatic N) is 1. The number of imide groups is 1. The Kier molecular flexibility index (Phi) is 4.73. The van der Waals surface area contributed by atoms with Gasteiger partial charge in [0.15, 0.2) is 0 Å². The first-order valence-corrected chi connectivity index (χ1v) is 6.51. The molecule has 0 aromatic carbocycles. The molecule has 7 heteroatoms. The number of hydrogen-bond acceptors (Lipinski definition) is 5. The predicted molar refractivity (Wildman–Crippen MR) is 67.7 cm³/mol. The Labute approximate surface area is 112 Å². The number of urea groups is 1. The Hall–Kier alpha value is -1.18. The van der Waals surface area contributed by atoms with E-state index in [1.807, 2.05) is 11.8 Å². The van der Waals surface area contributed by atoms with Crippen LogP contribution in [-0.4, -0.2) is 68.9 Å². The van der Waals surface area contributed by atoms with Gasteiger partial charge < -0.3 is 14.8 Å². The molecule has 0 saturated carbocycles. The van der Waals surface area contributed by atoms with Crippen molar-refractivity contribution in [3.05, 3.63) is 0 Å². The molecule has 0 bridgehead atoms. The highest BCUT2D eigenvalue weighted by Crippen LogP contribution is 2.29. The Morgan fingerprint density at radius 3 is 2.95 bits per heavy atom. The number of carbonyl (C=O) groups excluding carboxylic acids is 2. The number of methoxy groups -OCH3 is 1. The average molecular weight is 271 g/mol. The van der Waals surface area contributed by atoms with Crippen LogP contribution in [0.2, 0.25) is 0 Å². The Morgan fingerprint density at radius 2 is 2.26 bits per heavy atom. The van der Waals surface area contributed by atoms with Crippen molar-refractivity contribution in [2.24, 2.45) is 5.92 Å². The minimum atomic E-state index is -0.478. The van der Waals surface area contributed by atoms with Crippen LogP contribution in [-0.2, 0) is 14.3 Å². The standard InChI is InChI=1S/C12H21N3O4/c1-8(5-18-2)13-12(17)14-11(16)4-15-3-9-6-19-7-10(9)15/h8-10H,3-7H2,1-2H3,(H2,13,14,16,17)/t8?,9-,10+/m1/s1. The third-order valence-corrected chi connectivity index (χ3v) is 3.50. The molecule has 2 saturated heterocycles. The lowest BCUT2D eigenvalue weighted by Crippen LogP contribution is -2.59. The number of likely N-dealkylation sites (tertiary alicyclic amines) is 1. The van der Waals surface area contributed by atoms with Crippen molar-refractivity contribution in [3.63, 3.8) is 0 Å². The van der Waals surface area contributed by atoms with Gasteiger partial charge in [0, 0.05) is 25.6 Å². The van der Waals surface area contributed by atoms with E-state index in [2.05, 4.69) is 10.6 Å². The summed E-state index contributed by atoms with van der Waals surface area (Å²) in [6.07, 6.45) is 0. The maximum absolute atomic E-state index is 11.7. The molecule has 2 fully saturated rings. The summed E-state index contributed by atoms with van der Waals surface area (Å²) < 4.78 is 10.2. The largest absolute Gasteiger partial charge is 0.383 e. The summed E-state index contributed by atoms with van der Waals surface area (Å²) in [6.45, 7) is 4.82. The first kappa shape index (κ1) is 14.2. The molecule has 0 spiro atoms. The fourth-order valence-corrected chi connectivity index (χ4v) is 2.55. The maximum atomic E-state index is 11.7. The molecule has 1 unspecified atom stereocenters. The lowest BCUT2D eigenvalue weighted by molar-refractivity contribution is -0.123. The van der Waals surface area contributed by atoms with E-state index in [4.69, 9.17) is 9.47 Å². The van der Waals surface area contributed by atoms with Crippen LogP contribution < -0.4 is 10.6 Å². The van der Waals surface area contributed by atoms with Crippen LogP contribution in [0.15, 0.2) is 0 Å². The van der Waals surface area contributed by atoms with Gasteiger partial charge in [-0.3, -0.25) is 15.0 Å². The summed E-state index contributed by atoms with van der Waals surface area (Å²) in [6, 6.07) is -0.259. The molecule has 0 radical (unpaired) electrons. The summed E-state index contributed by atoms with van der Waals surface area (Å²) in [7, 11) is 1.56. The van der Waals surface area contributed by atoms with Gasteiger partial charge in [0.25, 0.3) is 0 Å². The number of carbonyl (C=O) groups is 2. The topological polar surface area (TPSA) is 79.9 Å². The van der Waals surface area contributed by atoms with E-state index in [0.717, 1.165) is 13.2 Å². The van der Waals surface area contributed by atoms with Gasteiger partial charge in [-0.25, -0.2) is 4.79 Å². The SMILES string of the molecule is COCC(C)NC(=O)NC(=O)CN1C[C@@H]2COC[C@@H]21. The van der Waals surface area contributed by atoms with E-state index in [9.17, 15) is 9.59 Å². The molecule has 0 aliphatic carbocycles. The van der Waals surface area contributed by atoms with Crippen LogP contribution in [0.5, 0.6) is 0 Å². The first-order chi connectivity index (χ1) is 9.10. The summed E-state index contributed by atoms with van der Waals surface area (Å²) in [5, 5.41) is 4.95. The Morgan fingerprint density at radius 1 is 1.47 bits per heavy atom. The molecular formula is C12H21N3O4. The molecule has 2 rings (SSSR count). The van der Waals surface area contributed by atoms with E-state index in [1.165, 1.54) is 0 Å². The second kappa shape index (κ2) is 6.31. The Bertz CT molecular complexity index is 350. The first-order valence-electron chi connectivity index (χ1n) is 6.51. The summed E-state index contributed by atoms with van der Waals surface area (Å²) in [5.41, 5.74) is 0. The van der Waals surface area contributed by atoms with Crippen LogP contribution in [0.4, 0.5) is 4.79 Å². The van der Waals surface area contributed by atoms with E-state index in [0.29, 0.717) is 25.2 Å². The van der Waals surface area contributed by atoms with E-state index < -0.39 is 6.03 Å². The van der Waals surface area contributed by atoms with Crippen molar-refractivity contribution in [1.29, 1.82) is 0 Å². The van der Waals surface area contributed by atoms with Crippen LogP contribution in [0.3, 0.4) is 0 Å². The third kappa shape index (κ3) is 3.65. The fraction of sp³-hybridized carbons (Fsp3) is 0.833. The number of amides is 3. The molecule has 7 nitrogen and oxygen atoms in total. The van der Waals surface area contributed by atoms with E-state index in [-0.39, 0.29) is 18.5 Å². The van der Waals surface area contributed by atoms with Crippen molar-refractivity contribution in [2.75, 3.05) is 40.0 Å². The molecule has 3 atom stereocenters. The fourth-order valence-electron chi connectivity index (χ4n) is 2.55. The van der Waals surface area contributed by atoms with Crippen molar-refractivity contribution in [2.45, 2.75) is 19.0 Å². The highest BCUT2D eigenvalue weighted by Gasteiger charge is 2.43. The zero-order chi connectivity index (χ0) is 13.8. The van der Waals surface area contributed by atoms with Crippen LogP contribution in [0.1, 0.15) is 6.92 Å². The van der Waals surface area contributed by atoms with Crippen LogP contribution >= 0.6 is 0 Å². The van der Waals surface area contributed by atoms with E-state index >= 15 is 0 Å². The minimum Gasteiger partial charge on any atom is -0.383 e. The molecule has 2 aliphatic rings. The van der Waals surface area contributed by atoms with Crippen LogP contribution in [0, 0.1) is 5.92 Å². The summed E-state index contributed by atoms with van der Waals surface area (Å²) in [4.78, 5) is 25.3. The average Bonchev–Trinajstić information content (AvgIpc) is 2.67. The van der Waals surface area contributed by atoms with Crippen LogP contribution in [0.25, 0.3) is 0 Å². The lowest BCUT2D eigenvalue weighted by atomic mass is 9.92. The van der Waals surface area contributed by atoms with Crippen molar-refractivity contribution >= 4 is 11.9 Å². The van der Waals surface area contributed by atoms with Gasteiger partial charge in [-0.2, -0.15) is 0 Å².